The fraction of sp³-hybridized carbons (Fsp3) is 0.250. The normalized spacial score (nSPS) is 17.8. The van der Waals surface area contributed by atoms with Crippen molar-refractivity contribution in [2.24, 2.45) is 0 Å². The van der Waals surface area contributed by atoms with Crippen molar-refractivity contribution in [3.63, 3.8) is 0 Å². The SMILES string of the molecule is O=C(NCCO)[C]1[CH][CH][CH][CH]1.O=C(NCCO)[C]1[CH][CH][CH][CH]1.[Ru+2]. The summed E-state index contributed by atoms with van der Waals surface area (Å²) in [5, 5.41) is 21.9. The fourth-order valence-corrected chi connectivity index (χ4v) is 1.59. The van der Waals surface area contributed by atoms with Crippen LogP contribution in [0.25, 0.3) is 0 Å². The molecule has 124 valence electrons. The molecule has 7 heteroatoms. The quantitative estimate of drug-likeness (QED) is 0.426. The van der Waals surface area contributed by atoms with Crippen molar-refractivity contribution in [3.8, 4) is 0 Å². The molecule has 0 heterocycles. The summed E-state index contributed by atoms with van der Waals surface area (Å²) in [5.41, 5.74) is 0. The minimum Gasteiger partial charge on any atom is -0.395 e. The first-order chi connectivity index (χ1) is 10.7. The minimum absolute atomic E-state index is 0. The summed E-state index contributed by atoms with van der Waals surface area (Å²) in [4.78, 5) is 22.1. The van der Waals surface area contributed by atoms with Gasteiger partial charge < -0.3 is 20.8 Å². The number of carbonyl (C=O) groups excluding carboxylic acids is 2. The van der Waals surface area contributed by atoms with Crippen LogP contribution in [-0.2, 0) is 29.1 Å². The van der Waals surface area contributed by atoms with Gasteiger partial charge in [-0.3, -0.25) is 9.59 Å². The van der Waals surface area contributed by atoms with Gasteiger partial charge in [0, 0.05) is 13.1 Å². The number of aliphatic hydroxyl groups excluding tert-OH is 2. The second kappa shape index (κ2) is 13.9. The van der Waals surface area contributed by atoms with Crippen LogP contribution >= 0.6 is 0 Å². The summed E-state index contributed by atoms with van der Waals surface area (Å²) in [5.74, 6) is 1.00. The molecule has 0 aromatic heterocycles. The van der Waals surface area contributed by atoms with Gasteiger partial charge in [-0.15, -0.1) is 0 Å². The summed E-state index contributed by atoms with van der Waals surface area (Å²) in [7, 11) is 0. The molecule has 10 radical (unpaired) electrons. The maximum Gasteiger partial charge on any atom is 2.00 e. The fourth-order valence-electron chi connectivity index (χ4n) is 1.59. The number of nitrogens with one attached hydrogen (secondary N) is 2. The summed E-state index contributed by atoms with van der Waals surface area (Å²) >= 11 is 0. The second-order valence-corrected chi connectivity index (χ2v) is 4.31. The first-order valence-electron chi connectivity index (χ1n) is 6.90. The number of hydrogen-bond acceptors (Lipinski definition) is 4. The maximum absolute atomic E-state index is 11.0. The largest absolute Gasteiger partial charge is 2.00 e. The van der Waals surface area contributed by atoms with Gasteiger partial charge in [-0.2, -0.15) is 0 Å². The monoisotopic (exact) mass is 406 g/mol. The van der Waals surface area contributed by atoms with Crippen LogP contribution in [-0.4, -0.2) is 48.3 Å². The summed E-state index contributed by atoms with van der Waals surface area (Å²) < 4.78 is 0. The zero-order valence-electron chi connectivity index (χ0n) is 12.5. The third-order valence-electron chi connectivity index (χ3n) is 2.64. The molecule has 0 unspecified atom stereocenters. The molecule has 2 amide bonds. The molecular weight excluding hydrogens is 385 g/mol. The van der Waals surface area contributed by atoms with Crippen LogP contribution in [0, 0.1) is 63.2 Å². The maximum atomic E-state index is 11.0. The molecule has 2 saturated carbocycles. The summed E-state index contributed by atoms with van der Waals surface area (Å²) in [6.45, 7) is 0.576. The van der Waals surface area contributed by atoms with E-state index in [-0.39, 0.29) is 44.5 Å². The molecule has 0 bridgehead atoms. The van der Waals surface area contributed by atoms with Crippen LogP contribution in [0.1, 0.15) is 0 Å². The molecular formula is C16H20N2O4Ru+2. The number of hydrogen-bond donors (Lipinski definition) is 4. The van der Waals surface area contributed by atoms with Gasteiger partial charge in [0.25, 0.3) is 0 Å². The standard InChI is InChI=1S/2C8H10NO2.Ru/c2*10-6-5-9-8(11)7-3-1-2-4-7;/h2*1-4,10H,5-6H2,(H,9,11);/q;;+2. The van der Waals surface area contributed by atoms with Gasteiger partial charge in [0.2, 0.25) is 11.8 Å². The van der Waals surface area contributed by atoms with Crippen LogP contribution in [0.2, 0.25) is 0 Å². The van der Waals surface area contributed by atoms with Crippen LogP contribution in [0.4, 0.5) is 0 Å². The summed E-state index contributed by atoms with van der Waals surface area (Å²) in [6.07, 6.45) is 14.1. The Bertz CT molecular complexity index is 298. The van der Waals surface area contributed by atoms with Crippen molar-refractivity contribution in [1.29, 1.82) is 0 Å². The zero-order valence-corrected chi connectivity index (χ0v) is 14.2. The van der Waals surface area contributed by atoms with E-state index in [2.05, 4.69) is 10.6 Å². The van der Waals surface area contributed by atoms with Crippen molar-refractivity contribution < 1.29 is 39.3 Å². The Labute approximate surface area is 151 Å². The molecule has 2 aliphatic carbocycles. The van der Waals surface area contributed by atoms with Crippen molar-refractivity contribution in [1.82, 2.24) is 10.6 Å². The van der Waals surface area contributed by atoms with Crippen molar-refractivity contribution in [2.75, 3.05) is 26.3 Å². The van der Waals surface area contributed by atoms with E-state index in [9.17, 15) is 9.59 Å². The van der Waals surface area contributed by atoms with E-state index in [1.54, 1.807) is 51.4 Å². The smallest absolute Gasteiger partial charge is 0.395 e. The van der Waals surface area contributed by atoms with Gasteiger partial charge >= 0.3 is 19.5 Å². The average Bonchev–Trinajstić information content (AvgIpc) is 3.23. The molecule has 2 fully saturated rings. The first kappa shape index (κ1) is 22.5. The number of carbonyl (C=O) groups is 2. The van der Waals surface area contributed by atoms with Gasteiger partial charge in [0.05, 0.1) is 25.0 Å². The van der Waals surface area contributed by atoms with E-state index in [1.807, 2.05) is 0 Å². The van der Waals surface area contributed by atoms with E-state index in [1.165, 1.54) is 0 Å². The third-order valence-corrected chi connectivity index (χ3v) is 2.64. The Morgan fingerprint density at radius 2 is 1.04 bits per heavy atom. The Balaban J connectivity index is 0.000000403. The van der Waals surface area contributed by atoms with Crippen LogP contribution in [0.3, 0.4) is 0 Å². The Kier molecular flexibility index (Phi) is 13.6. The zero-order chi connectivity index (χ0) is 16.2. The van der Waals surface area contributed by atoms with Crippen LogP contribution in [0.15, 0.2) is 0 Å². The van der Waals surface area contributed by atoms with Crippen LogP contribution < -0.4 is 10.6 Å². The van der Waals surface area contributed by atoms with Gasteiger partial charge in [0.15, 0.2) is 0 Å². The van der Waals surface area contributed by atoms with Crippen molar-refractivity contribution >= 4 is 11.8 Å². The molecule has 2 rings (SSSR count). The van der Waals surface area contributed by atoms with Gasteiger partial charge in [-0.05, 0) is 51.4 Å². The molecule has 0 saturated heterocycles. The molecule has 2 aliphatic rings. The molecule has 0 atom stereocenters. The second-order valence-electron chi connectivity index (χ2n) is 4.31. The average molecular weight is 405 g/mol. The van der Waals surface area contributed by atoms with E-state index in [0.717, 1.165) is 0 Å². The number of aliphatic hydroxyl groups is 2. The van der Waals surface area contributed by atoms with E-state index in [4.69, 9.17) is 10.2 Å². The van der Waals surface area contributed by atoms with Gasteiger partial charge in [-0.1, -0.05) is 0 Å². The Morgan fingerprint density at radius 1 is 0.739 bits per heavy atom. The molecule has 23 heavy (non-hydrogen) atoms. The van der Waals surface area contributed by atoms with E-state index < -0.39 is 0 Å². The Hall–Kier alpha value is -0.517. The minimum atomic E-state index is -0.135. The summed E-state index contributed by atoms with van der Waals surface area (Å²) in [6, 6.07) is 0. The molecule has 0 aliphatic heterocycles. The molecule has 4 N–H and O–H groups in total. The Morgan fingerprint density at radius 3 is 1.30 bits per heavy atom. The molecule has 6 nitrogen and oxygen atoms in total. The topological polar surface area (TPSA) is 98.7 Å². The third kappa shape index (κ3) is 9.38. The van der Waals surface area contributed by atoms with Crippen LogP contribution in [0.5, 0.6) is 0 Å². The predicted octanol–water partition coefficient (Wildman–Crippen LogP) is -1.00. The first-order valence-corrected chi connectivity index (χ1v) is 6.90. The molecule has 0 aromatic rings. The number of rotatable bonds is 6. The van der Waals surface area contributed by atoms with Gasteiger partial charge in [-0.25, -0.2) is 0 Å². The van der Waals surface area contributed by atoms with Crippen molar-refractivity contribution in [3.05, 3.63) is 63.2 Å². The molecule has 0 aromatic carbocycles. The van der Waals surface area contributed by atoms with E-state index >= 15 is 0 Å². The van der Waals surface area contributed by atoms with Crippen molar-refractivity contribution in [2.45, 2.75) is 0 Å². The van der Waals surface area contributed by atoms with E-state index in [0.29, 0.717) is 24.9 Å². The van der Waals surface area contributed by atoms with Gasteiger partial charge in [0.1, 0.15) is 0 Å². The molecule has 0 spiro atoms. The number of amides is 2. The predicted molar refractivity (Wildman–Crippen MR) is 81.1 cm³/mol.